The Morgan fingerprint density at radius 1 is 1.56 bits per heavy atom. The molecule has 16 heavy (non-hydrogen) atoms. The Balaban J connectivity index is 0.000000606. The smallest absolute Gasteiger partial charge is 0.124 e. The van der Waals surface area contributed by atoms with Crippen LogP contribution >= 0.6 is 0 Å². The van der Waals surface area contributed by atoms with Crippen molar-refractivity contribution in [1.29, 1.82) is 5.26 Å². The molecule has 4 nitrogen and oxygen atoms in total. The number of rotatable bonds is 1. The minimum atomic E-state index is -0.205. The Morgan fingerprint density at radius 3 is 2.88 bits per heavy atom. The molecule has 1 unspecified atom stereocenters. The number of hydrogen-bond acceptors (Lipinski definition) is 3. The van der Waals surface area contributed by atoms with E-state index in [1.54, 1.807) is 6.20 Å². The molecule has 1 aromatic heterocycles. The van der Waals surface area contributed by atoms with Gasteiger partial charge in [0.15, 0.2) is 0 Å². The highest BCUT2D eigenvalue weighted by atomic mass is 15.3. The Bertz CT molecular complexity index is 338. The fourth-order valence-electron chi connectivity index (χ4n) is 1.96. The highest BCUT2D eigenvalue weighted by molar-refractivity contribution is 5.38. The summed E-state index contributed by atoms with van der Waals surface area (Å²) >= 11 is 0. The van der Waals surface area contributed by atoms with Crippen molar-refractivity contribution in [3.8, 4) is 6.07 Å². The number of nitrogens with zero attached hydrogens (tertiary/aromatic N) is 3. The number of anilines is 1. The highest BCUT2D eigenvalue weighted by Crippen LogP contribution is 2.30. The summed E-state index contributed by atoms with van der Waals surface area (Å²) < 4.78 is 0. The number of aromatic nitrogens is 2. The number of H-pyrrole nitrogens is 1. The summed E-state index contributed by atoms with van der Waals surface area (Å²) in [6.07, 6.45) is 3.81. The van der Waals surface area contributed by atoms with Gasteiger partial charge in [-0.1, -0.05) is 13.8 Å². The van der Waals surface area contributed by atoms with Crippen molar-refractivity contribution in [2.24, 2.45) is 5.41 Å². The van der Waals surface area contributed by atoms with Gasteiger partial charge < -0.3 is 4.90 Å². The molecule has 1 saturated heterocycles. The van der Waals surface area contributed by atoms with E-state index in [1.807, 2.05) is 26.8 Å². The standard InChI is InChI=1S/C10H14N4.C2H6/c1-10(7-11)4-2-6-14(8-10)9-3-5-12-13-9;1-2/h3,5H,2,4,6,8H2,1H3,(H,12,13);1-2H3. The second-order valence-corrected chi connectivity index (χ2v) is 4.14. The number of nitriles is 1. The molecule has 1 aliphatic heterocycles. The van der Waals surface area contributed by atoms with Crippen molar-refractivity contribution in [3.63, 3.8) is 0 Å². The summed E-state index contributed by atoms with van der Waals surface area (Å²) in [5.74, 6) is 1.02. The summed E-state index contributed by atoms with van der Waals surface area (Å²) in [6, 6.07) is 4.34. The molecule has 88 valence electrons. The molecule has 0 saturated carbocycles. The van der Waals surface area contributed by atoms with E-state index in [1.165, 1.54) is 0 Å². The second kappa shape index (κ2) is 5.55. The van der Waals surface area contributed by atoms with Crippen molar-refractivity contribution >= 4 is 5.82 Å². The van der Waals surface area contributed by atoms with Crippen LogP contribution in [-0.2, 0) is 0 Å². The lowest BCUT2D eigenvalue weighted by Gasteiger charge is -2.36. The van der Waals surface area contributed by atoms with Crippen LogP contribution < -0.4 is 4.90 Å². The zero-order valence-electron chi connectivity index (χ0n) is 10.3. The Morgan fingerprint density at radius 2 is 2.31 bits per heavy atom. The minimum absolute atomic E-state index is 0.205. The monoisotopic (exact) mass is 220 g/mol. The molecule has 1 aromatic rings. The van der Waals surface area contributed by atoms with E-state index in [0.717, 1.165) is 31.7 Å². The summed E-state index contributed by atoms with van der Waals surface area (Å²) in [5, 5.41) is 15.9. The fraction of sp³-hybridized carbons (Fsp3) is 0.667. The maximum Gasteiger partial charge on any atom is 0.124 e. The van der Waals surface area contributed by atoms with Crippen LogP contribution in [0.1, 0.15) is 33.6 Å². The third kappa shape index (κ3) is 2.75. The molecule has 0 spiro atoms. The Labute approximate surface area is 97.3 Å². The first-order valence-corrected chi connectivity index (χ1v) is 5.89. The first-order chi connectivity index (χ1) is 7.73. The predicted molar refractivity (Wildman–Crippen MR) is 65.1 cm³/mol. The first-order valence-electron chi connectivity index (χ1n) is 5.89. The van der Waals surface area contributed by atoms with Crippen molar-refractivity contribution in [1.82, 2.24) is 10.2 Å². The van der Waals surface area contributed by atoms with Crippen LogP contribution in [0.4, 0.5) is 5.82 Å². The number of hydrogen-bond donors (Lipinski definition) is 1. The molecule has 1 atom stereocenters. The van der Waals surface area contributed by atoms with Crippen LogP contribution in [0.3, 0.4) is 0 Å². The molecule has 1 N–H and O–H groups in total. The highest BCUT2D eigenvalue weighted by Gasteiger charge is 2.31. The molecule has 0 amide bonds. The molecule has 1 aliphatic rings. The molecule has 0 aromatic carbocycles. The van der Waals surface area contributed by atoms with Crippen molar-refractivity contribution in [2.45, 2.75) is 33.6 Å². The van der Waals surface area contributed by atoms with Crippen LogP contribution in [0.5, 0.6) is 0 Å². The molecule has 2 heterocycles. The van der Waals surface area contributed by atoms with Crippen LogP contribution in [0, 0.1) is 16.7 Å². The van der Waals surface area contributed by atoms with Crippen LogP contribution in [0.15, 0.2) is 12.3 Å². The van der Waals surface area contributed by atoms with Crippen LogP contribution in [0.2, 0.25) is 0 Å². The van der Waals surface area contributed by atoms with Gasteiger partial charge >= 0.3 is 0 Å². The van der Waals surface area contributed by atoms with E-state index >= 15 is 0 Å². The van der Waals surface area contributed by atoms with Gasteiger partial charge in [0.25, 0.3) is 0 Å². The van der Waals surface area contributed by atoms with Crippen molar-refractivity contribution in [2.75, 3.05) is 18.0 Å². The third-order valence-corrected chi connectivity index (χ3v) is 2.79. The molecular weight excluding hydrogens is 200 g/mol. The average Bonchev–Trinajstić information content (AvgIpc) is 2.85. The van der Waals surface area contributed by atoms with Gasteiger partial charge in [-0.15, -0.1) is 0 Å². The molecule has 0 bridgehead atoms. The lowest BCUT2D eigenvalue weighted by atomic mass is 9.83. The first kappa shape index (κ1) is 12.6. The van der Waals surface area contributed by atoms with E-state index < -0.39 is 0 Å². The van der Waals surface area contributed by atoms with Gasteiger partial charge in [0.05, 0.1) is 17.7 Å². The van der Waals surface area contributed by atoms with Gasteiger partial charge in [-0.05, 0) is 19.8 Å². The predicted octanol–water partition coefficient (Wildman–Crippen LogP) is 2.57. The van der Waals surface area contributed by atoms with E-state index in [4.69, 9.17) is 5.26 Å². The Kier molecular flexibility index (Phi) is 4.36. The van der Waals surface area contributed by atoms with Gasteiger partial charge in [-0.25, -0.2) is 0 Å². The van der Waals surface area contributed by atoms with Crippen LogP contribution in [0.25, 0.3) is 0 Å². The van der Waals surface area contributed by atoms with Gasteiger partial charge in [-0.3, -0.25) is 5.10 Å². The normalized spacial score (nSPS) is 24.2. The number of piperidine rings is 1. The lowest BCUT2D eigenvalue weighted by Crippen LogP contribution is -2.41. The Hall–Kier alpha value is -1.50. The summed E-state index contributed by atoms with van der Waals surface area (Å²) in [6.45, 7) is 7.83. The maximum absolute atomic E-state index is 9.06. The number of nitrogens with one attached hydrogen (secondary N) is 1. The summed E-state index contributed by atoms with van der Waals surface area (Å²) in [7, 11) is 0. The van der Waals surface area contributed by atoms with Gasteiger partial charge in [0, 0.05) is 19.2 Å². The summed E-state index contributed by atoms with van der Waals surface area (Å²) in [4.78, 5) is 2.19. The van der Waals surface area contributed by atoms with Crippen molar-refractivity contribution < 1.29 is 0 Å². The van der Waals surface area contributed by atoms with Gasteiger partial charge in [-0.2, -0.15) is 10.4 Å². The number of aromatic amines is 1. The summed E-state index contributed by atoms with van der Waals surface area (Å²) in [5.41, 5.74) is -0.205. The largest absolute Gasteiger partial charge is 0.355 e. The average molecular weight is 220 g/mol. The van der Waals surface area contributed by atoms with Gasteiger partial charge in [0.1, 0.15) is 5.82 Å². The fourth-order valence-corrected chi connectivity index (χ4v) is 1.96. The van der Waals surface area contributed by atoms with Crippen LogP contribution in [-0.4, -0.2) is 23.3 Å². The third-order valence-electron chi connectivity index (χ3n) is 2.79. The molecular formula is C12H20N4. The second-order valence-electron chi connectivity index (χ2n) is 4.14. The van der Waals surface area contributed by atoms with E-state index in [2.05, 4.69) is 21.2 Å². The maximum atomic E-state index is 9.06. The minimum Gasteiger partial charge on any atom is -0.355 e. The van der Waals surface area contributed by atoms with Gasteiger partial charge in [0.2, 0.25) is 0 Å². The molecule has 0 radical (unpaired) electrons. The topological polar surface area (TPSA) is 55.7 Å². The zero-order valence-corrected chi connectivity index (χ0v) is 10.3. The molecule has 2 rings (SSSR count). The molecule has 0 aliphatic carbocycles. The SMILES string of the molecule is CC.CC1(C#N)CCCN(c2ccn[nH]2)C1. The molecule has 4 heteroatoms. The van der Waals surface area contributed by atoms with E-state index in [9.17, 15) is 0 Å². The lowest BCUT2D eigenvalue weighted by molar-refractivity contribution is 0.348. The van der Waals surface area contributed by atoms with E-state index in [-0.39, 0.29) is 5.41 Å². The quantitative estimate of drug-likeness (QED) is 0.791. The molecule has 1 fully saturated rings. The van der Waals surface area contributed by atoms with Crippen molar-refractivity contribution in [3.05, 3.63) is 12.3 Å². The van der Waals surface area contributed by atoms with E-state index in [0.29, 0.717) is 0 Å². The zero-order chi connectivity index (χ0) is 12.0.